The lowest BCUT2D eigenvalue weighted by Gasteiger charge is -1.96. The van der Waals surface area contributed by atoms with Gasteiger partial charge in [0.25, 0.3) is 0 Å². The Bertz CT molecular complexity index is 729. The first-order valence-corrected chi connectivity index (χ1v) is 5.85. The molecular formula is C13H11N3O3. The molecule has 0 saturated heterocycles. The number of benzene rings is 1. The van der Waals surface area contributed by atoms with Gasteiger partial charge < -0.3 is 9.15 Å². The summed E-state index contributed by atoms with van der Waals surface area (Å²) >= 11 is 0. The molecule has 0 unspecified atom stereocenters. The number of oxazole rings is 1. The summed E-state index contributed by atoms with van der Waals surface area (Å²) in [7, 11) is 0. The maximum Gasteiger partial charge on any atom is 0.360 e. The van der Waals surface area contributed by atoms with E-state index in [4.69, 9.17) is 9.15 Å². The Balaban J connectivity index is 2.01. The molecule has 0 N–H and O–H groups in total. The molecule has 1 aromatic carbocycles. The van der Waals surface area contributed by atoms with Crippen molar-refractivity contribution >= 4 is 16.9 Å². The first kappa shape index (κ1) is 11.5. The van der Waals surface area contributed by atoms with Crippen LogP contribution in [0.5, 0.6) is 0 Å². The van der Waals surface area contributed by atoms with Crippen LogP contribution in [0.3, 0.4) is 0 Å². The Morgan fingerprint density at radius 3 is 3.11 bits per heavy atom. The summed E-state index contributed by atoms with van der Waals surface area (Å²) in [5, 5.41) is 5.16. The van der Waals surface area contributed by atoms with Gasteiger partial charge in [0.1, 0.15) is 6.26 Å². The number of fused-ring (bicyclic) bond motifs is 1. The molecule has 0 spiro atoms. The van der Waals surface area contributed by atoms with Crippen LogP contribution in [0, 0.1) is 0 Å². The smallest absolute Gasteiger partial charge is 0.360 e. The second-order valence-electron chi connectivity index (χ2n) is 3.85. The normalized spacial score (nSPS) is 10.8. The fourth-order valence-electron chi connectivity index (χ4n) is 1.78. The average molecular weight is 257 g/mol. The third-order valence-corrected chi connectivity index (χ3v) is 2.64. The number of aromatic nitrogens is 3. The summed E-state index contributed by atoms with van der Waals surface area (Å²) in [6.07, 6.45) is 2.98. The van der Waals surface area contributed by atoms with Gasteiger partial charge in [0.15, 0.2) is 5.69 Å². The average Bonchev–Trinajstić information content (AvgIpc) is 3.05. The maximum atomic E-state index is 11.5. The number of carbonyl (C=O) groups is 1. The van der Waals surface area contributed by atoms with Crippen molar-refractivity contribution in [3.8, 4) is 6.01 Å². The molecule has 19 heavy (non-hydrogen) atoms. The highest BCUT2D eigenvalue weighted by atomic mass is 16.5. The number of para-hydroxylation sites is 1. The molecule has 0 fully saturated rings. The lowest BCUT2D eigenvalue weighted by Crippen LogP contribution is -2.05. The van der Waals surface area contributed by atoms with E-state index in [0.29, 0.717) is 6.61 Å². The van der Waals surface area contributed by atoms with Gasteiger partial charge in [-0.3, -0.25) is 0 Å². The van der Waals surface area contributed by atoms with E-state index in [1.165, 1.54) is 10.9 Å². The molecule has 0 bridgehead atoms. The monoisotopic (exact) mass is 257 g/mol. The van der Waals surface area contributed by atoms with Crippen LogP contribution in [0.4, 0.5) is 0 Å². The van der Waals surface area contributed by atoms with Gasteiger partial charge in [0.2, 0.25) is 0 Å². The van der Waals surface area contributed by atoms with Crippen molar-refractivity contribution < 1.29 is 13.9 Å². The molecule has 96 valence electrons. The number of esters is 1. The predicted molar refractivity (Wildman–Crippen MR) is 67.1 cm³/mol. The van der Waals surface area contributed by atoms with Crippen molar-refractivity contribution in [1.82, 2.24) is 14.8 Å². The molecule has 0 radical (unpaired) electrons. The van der Waals surface area contributed by atoms with Gasteiger partial charge in [-0.05, 0) is 13.0 Å². The second-order valence-corrected chi connectivity index (χ2v) is 3.85. The number of ether oxygens (including phenoxy) is 1. The largest absolute Gasteiger partial charge is 0.461 e. The molecule has 0 saturated carbocycles. The fraction of sp³-hybridized carbons (Fsp3) is 0.154. The summed E-state index contributed by atoms with van der Waals surface area (Å²) in [5.41, 5.74) is 0.996. The van der Waals surface area contributed by atoms with E-state index in [9.17, 15) is 4.79 Å². The number of hydrogen-bond acceptors (Lipinski definition) is 5. The predicted octanol–water partition coefficient (Wildman–Crippen LogP) is 2.19. The van der Waals surface area contributed by atoms with Gasteiger partial charge in [-0.25, -0.2) is 4.79 Å². The Morgan fingerprint density at radius 1 is 1.42 bits per heavy atom. The molecule has 0 atom stereocenters. The third kappa shape index (κ3) is 1.97. The SMILES string of the molecule is CCOC(=O)c1coc(-n2ncc3ccccc32)n1. The van der Waals surface area contributed by atoms with Gasteiger partial charge in [0.05, 0.1) is 18.3 Å². The second kappa shape index (κ2) is 4.56. The molecule has 0 aliphatic heterocycles. The van der Waals surface area contributed by atoms with Crippen LogP contribution in [0.1, 0.15) is 17.4 Å². The van der Waals surface area contributed by atoms with Crippen LogP contribution in [0.25, 0.3) is 16.9 Å². The zero-order valence-corrected chi connectivity index (χ0v) is 10.2. The number of nitrogens with zero attached hydrogens (tertiary/aromatic N) is 3. The van der Waals surface area contributed by atoms with Crippen LogP contribution >= 0.6 is 0 Å². The standard InChI is InChI=1S/C13H11N3O3/c1-2-18-12(17)10-8-19-13(15-10)16-11-6-4-3-5-9(11)7-14-16/h3-8H,2H2,1H3. The lowest BCUT2D eigenvalue weighted by atomic mass is 10.3. The number of rotatable bonds is 3. The van der Waals surface area contributed by atoms with Crippen LogP contribution in [-0.2, 0) is 4.74 Å². The number of carbonyl (C=O) groups excluding carboxylic acids is 1. The molecule has 6 heteroatoms. The van der Waals surface area contributed by atoms with Crippen LogP contribution in [-0.4, -0.2) is 27.3 Å². The summed E-state index contributed by atoms with van der Waals surface area (Å²) in [5.74, 6) is -0.506. The molecule has 0 amide bonds. The fourth-order valence-corrected chi connectivity index (χ4v) is 1.78. The van der Waals surface area contributed by atoms with E-state index < -0.39 is 5.97 Å². The minimum absolute atomic E-state index is 0.136. The van der Waals surface area contributed by atoms with E-state index in [-0.39, 0.29) is 11.7 Å². The summed E-state index contributed by atoms with van der Waals surface area (Å²) < 4.78 is 11.7. The first-order valence-electron chi connectivity index (χ1n) is 5.85. The highest BCUT2D eigenvalue weighted by Gasteiger charge is 2.15. The highest BCUT2D eigenvalue weighted by Crippen LogP contribution is 2.17. The van der Waals surface area contributed by atoms with Crippen molar-refractivity contribution in [2.24, 2.45) is 0 Å². The van der Waals surface area contributed by atoms with E-state index in [2.05, 4.69) is 10.1 Å². The molecule has 2 aromatic heterocycles. The van der Waals surface area contributed by atoms with Crippen LogP contribution in [0.2, 0.25) is 0 Å². The Kier molecular flexibility index (Phi) is 2.75. The molecule has 0 aliphatic rings. The minimum Gasteiger partial charge on any atom is -0.461 e. The van der Waals surface area contributed by atoms with Crippen molar-refractivity contribution in [2.75, 3.05) is 6.61 Å². The summed E-state index contributed by atoms with van der Waals surface area (Å²) in [4.78, 5) is 15.6. The van der Waals surface area contributed by atoms with Crippen LogP contribution in [0.15, 0.2) is 41.1 Å². The minimum atomic E-state index is -0.506. The van der Waals surface area contributed by atoms with E-state index in [1.54, 1.807) is 13.1 Å². The summed E-state index contributed by atoms with van der Waals surface area (Å²) in [6.45, 7) is 2.03. The first-order chi connectivity index (χ1) is 9.29. The highest BCUT2D eigenvalue weighted by molar-refractivity contribution is 5.87. The van der Waals surface area contributed by atoms with Crippen LogP contribution < -0.4 is 0 Å². The lowest BCUT2D eigenvalue weighted by molar-refractivity contribution is 0.0519. The van der Waals surface area contributed by atoms with E-state index in [1.807, 2.05) is 24.3 Å². The zero-order chi connectivity index (χ0) is 13.2. The quantitative estimate of drug-likeness (QED) is 0.672. The Labute approximate surface area is 108 Å². The van der Waals surface area contributed by atoms with Gasteiger partial charge >= 0.3 is 12.0 Å². The Morgan fingerprint density at radius 2 is 2.26 bits per heavy atom. The van der Waals surface area contributed by atoms with Gasteiger partial charge in [-0.1, -0.05) is 18.2 Å². The van der Waals surface area contributed by atoms with E-state index >= 15 is 0 Å². The van der Waals surface area contributed by atoms with Gasteiger partial charge in [-0.2, -0.15) is 14.8 Å². The third-order valence-electron chi connectivity index (χ3n) is 2.64. The van der Waals surface area contributed by atoms with Gasteiger partial charge in [0, 0.05) is 5.39 Å². The van der Waals surface area contributed by atoms with Crippen molar-refractivity contribution in [2.45, 2.75) is 6.92 Å². The van der Waals surface area contributed by atoms with Crippen molar-refractivity contribution in [3.63, 3.8) is 0 Å². The summed E-state index contributed by atoms with van der Waals surface area (Å²) in [6, 6.07) is 7.90. The number of hydrogen-bond donors (Lipinski definition) is 0. The molecule has 2 heterocycles. The Hall–Kier alpha value is -2.63. The molecule has 0 aliphatic carbocycles. The maximum absolute atomic E-state index is 11.5. The molecule has 3 aromatic rings. The van der Waals surface area contributed by atoms with Crippen molar-refractivity contribution in [1.29, 1.82) is 0 Å². The topological polar surface area (TPSA) is 70.2 Å². The van der Waals surface area contributed by atoms with E-state index in [0.717, 1.165) is 10.9 Å². The molecule has 6 nitrogen and oxygen atoms in total. The van der Waals surface area contributed by atoms with Crippen molar-refractivity contribution in [3.05, 3.63) is 42.4 Å². The van der Waals surface area contributed by atoms with Gasteiger partial charge in [-0.15, -0.1) is 0 Å². The molecular weight excluding hydrogens is 246 g/mol. The molecule has 3 rings (SSSR count). The zero-order valence-electron chi connectivity index (χ0n) is 10.2.